The summed E-state index contributed by atoms with van der Waals surface area (Å²) in [4.78, 5) is 3.86. The fourth-order valence-electron chi connectivity index (χ4n) is 1.07. The molecule has 0 aliphatic heterocycles. The predicted octanol–water partition coefficient (Wildman–Crippen LogP) is 1.76. The van der Waals surface area contributed by atoms with E-state index in [1.807, 2.05) is 0 Å². The summed E-state index contributed by atoms with van der Waals surface area (Å²) in [7, 11) is 1.59. The second-order valence-electron chi connectivity index (χ2n) is 2.92. The molecule has 6 heteroatoms. The Hall–Kier alpha value is -1.14. The van der Waals surface area contributed by atoms with Crippen molar-refractivity contribution in [3.8, 4) is 0 Å². The smallest absolute Gasteiger partial charge is 0.209 e. The van der Waals surface area contributed by atoms with E-state index in [2.05, 4.69) is 31.7 Å². The number of nitrogens with zero attached hydrogens (tertiary/aromatic N) is 1. The van der Waals surface area contributed by atoms with E-state index < -0.39 is 0 Å². The Morgan fingerprint density at radius 1 is 1.53 bits per heavy atom. The number of guanidine groups is 1. The van der Waals surface area contributed by atoms with Crippen molar-refractivity contribution < 1.29 is 4.39 Å². The Labute approximate surface area is 95.9 Å². The molecule has 1 rings (SSSR count). The van der Waals surface area contributed by atoms with E-state index in [1.165, 1.54) is 6.07 Å². The number of hydrazine groups is 1. The first-order chi connectivity index (χ1) is 7.08. The van der Waals surface area contributed by atoms with Gasteiger partial charge in [-0.05, 0) is 40.5 Å². The lowest BCUT2D eigenvalue weighted by atomic mass is 10.2. The average Bonchev–Trinajstić information content (AvgIpc) is 2.21. The molecule has 4 N–H and O–H groups in total. The lowest BCUT2D eigenvalue weighted by Gasteiger charge is -2.11. The summed E-state index contributed by atoms with van der Waals surface area (Å²) in [5.41, 5.74) is 3.90. The first-order valence-electron chi connectivity index (χ1n) is 4.24. The van der Waals surface area contributed by atoms with E-state index in [9.17, 15) is 4.39 Å². The highest BCUT2D eigenvalue weighted by molar-refractivity contribution is 9.10. The molecule has 1 aromatic rings. The molecule has 0 aliphatic carbocycles. The van der Waals surface area contributed by atoms with Crippen LogP contribution < -0.4 is 16.6 Å². The quantitative estimate of drug-likeness (QED) is 0.317. The van der Waals surface area contributed by atoms with Gasteiger partial charge in [-0.3, -0.25) is 10.4 Å². The second-order valence-corrected chi connectivity index (χ2v) is 3.78. The van der Waals surface area contributed by atoms with Crippen LogP contribution in [0.3, 0.4) is 0 Å². The Morgan fingerprint density at radius 3 is 2.73 bits per heavy atom. The average molecular weight is 275 g/mol. The number of aryl methyl sites for hydroxylation is 1. The standard InChI is InChI=1S/C9H12BrFN4/c1-5-3-7(11)6(10)4-8(5)14-9(13-2)15-12/h3-4H,12H2,1-2H3,(H2,13,14,15). The van der Waals surface area contributed by atoms with Crippen molar-refractivity contribution in [3.63, 3.8) is 0 Å². The predicted molar refractivity (Wildman–Crippen MR) is 63.1 cm³/mol. The molecule has 0 unspecified atom stereocenters. The highest BCUT2D eigenvalue weighted by Gasteiger charge is 2.06. The minimum Gasteiger partial charge on any atom is -0.325 e. The van der Waals surface area contributed by atoms with E-state index in [0.29, 0.717) is 10.4 Å². The third-order valence-electron chi connectivity index (χ3n) is 1.88. The zero-order chi connectivity index (χ0) is 11.4. The molecule has 0 atom stereocenters. The molecule has 0 amide bonds. The SMILES string of the molecule is CN=C(NN)Nc1cc(Br)c(F)cc1C. The van der Waals surface area contributed by atoms with Crippen LogP contribution in [0, 0.1) is 12.7 Å². The van der Waals surface area contributed by atoms with Crippen molar-refractivity contribution in [2.75, 3.05) is 12.4 Å². The zero-order valence-corrected chi connectivity index (χ0v) is 10.0. The van der Waals surface area contributed by atoms with Gasteiger partial charge in [-0.25, -0.2) is 10.2 Å². The normalized spacial score (nSPS) is 11.4. The maximum absolute atomic E-state index is 13.1. The molecular weight excluding hydrogens is 263 g/mol. The summed E-state index contributed by atoms with van der Waals surface area (Å²) in [6.07, 6.45) is 0. The Balaban J connectivity index is 3.00. The van der Waals surface area contributed by atoms with Crippen molar-refractivity contribution in [3.05, 3.63) is 28.0 Å². The number of aliphatic imine (C=N–C) groups is 1. The molecule has 0 aromatic heterocycles. The largest absolute Gasteiger partial charge is 0.325 e. The van der Waals surface area contributed by atoms with E-state index in [4.69, 9.17) is 5.84 Å². The van der Waals surface area contributed by atoms with E-state index in [-0.39, 0.29) is 5.82 Å². The molecule has 0 saturated heterocycles. The molecule has 0 heterocycles. The molecule has 0 saturated carbocycles. The third-order valence-corrected chi connectivity index (χ3v) is 2.49. The van der Waals surface area contributed by atoms with E-state index in [0.717, 1.165) is 11.3 Å². The highest BCUT2D eigenvalue weighted by Crippen LogP contribution is 2.23. The molecule has 0 fully saturated rings. The molecule has 1 aromatic carbocycles. The number of nitrogens with one attached hydrogen (secondary N) is 2. The topological polar surface area (TPSA) is 62.4 Å². The van der Waals surface area contributed by atoms with Gasteiger partial charge in [-0.2, -0.15) is 0 Å². The van der Waals surface area contributed by atoms with Crippen molar-refractivity contribution in [1.82, 2.24) is 5.43 Å². The summed E-state index contributed by atoms with van der Waals surface area (Å²) in [6, 6.07) is 3.06. The molecular formula is C9H12BrFN4. The maximum Gasteiger partial charge on any atom is 0.209 e. The van der Waals surface area contributed by atoms with Crippen LogP contribution in [-0.2, 0) is 0 Å². The van der Waals surface area contributed by atoms with Gasteiger partial charge in [-0.15, -0.1) is 0 Å². The molecule has 0 radical (unpaired) electrons. The van der Waals surface area contributed by atoms with Gasteiger partial charge in [0.05, 0.1) is 4.47 Å². The van der Waals surface area contributed by atoms with Crippen molar-refractivity contribution in [2.45, 2.75) is 6.92 Å². The second kappa shape index (κ2) is 5.09. The number of rotatable bonds is 1. The van der Waals surface area contributed by atoms with Crippen molar-refractivity contribution in [2.24, 2.45) is 10.8 Å². The van der Waals surface area contributed by atoms with Gasteiger partial charge in [-0.1, -0.05) is 0 Å². The number of anilines is 1. The van der Waals surface area contributed by atoms with Gasteiger partial charge < -0.3 is 5.32 Å². The Bertz CT molecular complexity index is 392. The van der Waals surface area contributed by atoms with Gasteiger partial charge in [0.2, 0.25) is 5.96 Å². The molecule has 0 spiro atoms. The number of benzene rings is 1. The lowest BCUT2D eigenvalue weighted by Crippen LogP contribution is -2.36. The van der Waals surface area contributed by atoms with Gasteiger partial charge in [0.15, 0.2) is 0 Å². The van der Waals surface area contributed by atoms with Crippen LogP contribution in [0.5, 0.6) is 0 Å². The van der Waals surface area contributed by atoms with Crippen LogP contribution in [0.15, 0.2) is 21.6 Å². The van der Waals surface area contributed by atoms with Crippen LogP contribution in [0.1, 0.15) is 5.56 Å². The Kier molecular flexibility index (Phi) is 4.05. The molecule has 0 aliphatic rings. The summed E-state index contributed by atoms with van der Waals surface area (Å²) in [5, 5.41) is 2.93. The molecule has 0 bridgehead atoms. The van der Waals surface area contributed by atoms with E-state index in [1.54, 1.807) is 20.0 Å². The number of hydrogen-bond acceptors (Lipinski definition) is 2. The van der Waals surface area contributed by atoms with Gasteiger partial charge in [0, 0.05) is 12.7 Å². The summed E-state index contributed by atoms with van der Waals surface area (Å²) < 4.78 is 13.5. The van der Waals surface area contributed by atoms with Gasteiger partial charge >= 0.3 is 0 Å². The van der Waals surface area contributed by atoms with Crippen LogP contribution in [0.2, 0.25) is 0 Å². The number of halogens is 2. The first kappa shape index (κ1) is 11.9. The monoisotopic (exact) mass is 274 g/mol. The zero-order valence-electron chi connectivity index (χ0n) is 8.44. The first-order valence-corrected chi connectivity index (χ1v) is 5.04. The number of nitrogens with two attached hydrogens (primary N) is 1. The number of hydrogen-bond donors (Lipinski definition) is 3. The maximum atomic E-state index is 13.1. The Morgan fingerprint density at radius 2 is 2.20 bits per heavy atom. The van der Waals surface area contributed by atoms with Gasteiger partial charge in [0.25, 0.3) is 0 Å². The fourth-order valence-corrected chi connectivity index (χ4v) is 1.41. The third kappa shape index (κ3) is 2.90. The fraction of sp³-hybridized carbons (Fsp3) is 0.222. The molecule has 82 valence electrons. The lowest BCUT2D eigenvalue weighted by molar-refractivity contribution is 0.620. The minimum absolute atomic E-state index is 0.297. The summed E-state index contributed by atoms with van der Waals surface area (Å²) in [5.74, 6) is 5.34. The molecule has 15 heavy (non-hydrogen) atoms. The molecule has 4 nitrogen and oxygen atoms in total. The van der Waals surface area contributed by atoms with Crippen molar-refractivity contribution in [1.29, 1.82) is 0 Å². The van der Waals surface area contributed by atoms with Crippen LogP contribution >= 0.6 is 15.9 Å². The van der Waals surface area contributed by atoms with Crippen molar-refractivity contribution >= 4 is 27.6 Å². The van der Waals surface area contributed by atoms with Gasteiger partial charge in [0.1, 0.15) is 5.82 Å². The van der Waals surface area contributed by atoms with Crippen LogP contribution in [-0.4, -0.2) is 13.0 Å². The minimum atomic E-state index is -0.297. The van der Waals surface area contributed by atoms with Crippen LogP contribution in [0.25, 0.3) is 0 Å². The van der Waals surface area contributed by atoms with Crippen LogP contribution in [0.4, 0.5) is 10.1 Å². The summed E-state index contributed by atoms with van der Waals surface area (Å²) in [6.45, 7) is 1.79. The summed E-state index contributed by atoms with van der Waals surface area (Å²) >= 11 is 3.11. The highest BCUT2D eigenvalue weighted by atomic mass is 79.9. The van der Waals surface area contributed by atoms with E-state index >= 15 is 0 Å².